The average molecular weight is 246 g/mol. The van der Waals surface area contributed by atoms with Crippen molar-refractivity contribution >= 4 is 29.2 Å². The highest BCUT2D eigenvalue weighted by atomic mass is 35.5. The standard InChI is InChI=1S/C9H9ClFN3O2/c10-5-1-2-6(11)7(3-5)13-4-8(15)14-9(12)16/h1-3,13H,4H2,(H3,12,14,15,16). The summed E-state index contributed by atoms with van der Waals surface area (Å²) in [6.07, 6.45) is 0. The minimum absolute atomic E-state index is 0.0760. The molecule has 1 rings (SSSR count). The number of benzene rings is 1. The van der Waals surface area contributed by atoms with Gasteiger partial charge in [-0.3, -0.25) is 10.1 Å². The lowest BCUT2D eigenvalue weighted by atomic mass is 10.3. The summed E-state index contributed by atoms with van der Waals surface area (Å²) in [5.41, 5.74) is 4.80. The molecule has 0 aromatic heterocycles. The maximum absolute atomic E-state index is 13.1. The molecule has 0 aliphatic heterocycles. The Kier molecular flexibility index (Phi) is 4.07. The Morgan fingerprint density at radius 1 is 1.44 bits per heavy atom. The van der Waals surface area contributed by atoms with Crippen molar-refractivity contribution in [2.45, 2.75) is 0 Å². The number of nitrogens with one attached hydrogen (secondary N) is 2. The lowest BCUT2D eigenvalue weighted by Crippen LogP contribution is -2.38. The predicted octanol–water partition coefficient (Wildman–Crippen LogP) is 1.09. The molecule has 0 bridgehead atoms. The van der Waals surface area contributed by atoms with E-state index >= 15 is 0 Å². The van der Waals surface area contributed by atoms with Crippen LogP contribution in [-0.2, 0) is 4.79 Å². The van der Waals surface area contributed by atoms with Gasteiger partial charge in [-0.1, -0.05) is 11.6 Å². The normalized spacial score (nSPS) is 9.62. The molecule has 1 aromatic carbocycles. The van der Waals surface area contributed by atoms with Gasteiger partial charge in [-0.25, -0.2) is 9.18 Å². The van der Waals surface area contributed by atoms with E-state index in [1.165, 1.54) is 12.1 Å². The van der Waals surface area contributed by atoms with Gasteiger partial charge in [0.2, 0.25) is 5.91 Å². The lowest BCUT2D eigenvalue weighted by Gasteiger charge is -2.07. The molecule has 1 aromatic rings. The molecule has 0 saturated carbocycles. The second-order valence-electron chi connectivity index (χ2n) is 2.89. The maximum Gasteiger partial charge on any atom is 0.318 e. The average Bonchev–Trinajstić information content (AvgIpc) is 2.18. The highest BCUT2D eigenvalue weighted by molar-refractivity contribution is 6.30. The molecule has 0 heterocycles. The molecular formula is C9H9ClFN3O2. The van der Waals surface area contributed by atoms with Crippen LogP contribution in [0.1, 0.15) is 0 Å². The van der Waals surface area contributed by atoms with E-state index < -0.39 is 17.8 Å². The Labute approximate surface area is 95.8 Å². The molecule has 0 saturated heterocycles. The van der Waals surface area contributed by atoms with Gasteiger partial charge in [-0.2, -0.15) is 0 Å². The zero-order chi connectivity index (χ0) is 12.1. The monoisotopic (exact) mass is 245 g/mol. The van der Waals surface area contributed by atoms with Crippen molar-refractivity contribution in [2.24, 2.45) is 5.73 Å². The second-order valence-corrected chi connectivity index (χ2v) is 3.33. The molecule has 0 aliphatic carbocycles. The number of anilines is 1. The summed E-state index contributed by atoms with van der Waals surface area (Å²) >= 11 is 5.64. The van der Waals surface area contributed by atoms with Crippen LogP contribution in [0.5, 0.6) is 0 Å². The first-order valence-electron chi connectivity index (χ1n) is 4.27. The Morgan fingerprint density at radius 2 is 2.12 bits per heavy atom. The van der Waals surface area contributed by atoms with Gasteiger partial charge in [0, 0.05) is 5.02 Å². The van der Waals surface area contributed by atoms with E-state index in [9.17, 15) is 14.0 Å². The van der Waals surface area contributed by atoms with Gasteiger partial charge in [0.15, 0.2) is 0 Å². The molecule has 0 spiro atoms. The maximum atomic E-state index is 13.1. The number of rotatable bonds is 3. The Bertz CT molecular complexity index is 425. The van der Waals surface area contributed by atoms with Crippen molar-refractivity contribution in [3.8, 4) is 0 Å². The van der Waals surface area contributed by atoms with Crippen LogP contribution in [-0.4, -0.2) is 18.5 Å². The van der Waals surface area contributed by atoms with Crippen LogP contribution in [0.2, 0.25) is 5.02 Å². The first-order chi connectivity index (χ1) is 7.49. The fourth-order valence-corrected chi connectivity index (χ4v) is 1.16. The zero-order valence-electron chi connectivity index (χ0n) is 8.09. The van der Waals surface area contributed by atoms with Gasteiger partial charge in [-0.15, -0.1) is 0 Å². The van der Waals surface area contributed by atoms with Gasteiger partial charge in [0.1, 0.15) is 5.82 Å². The number of imide groups is 1. The largest absolute Gasteiger partial charge is 0.374 e. The van der Waals surface area contributed by atoms with Gasteiger partial charge in [-0.05, 0) is 18.2 Å². The zero-order valence-corrected chi connectivity index (χ0v) is 8.84. The minimum Gasteiger partial charge on any atom is -0.374 e. The van der Waals surface area contributed by atoms with Crippen LogP contribution < -0.4 is 16.4 Å². The number of hydrogen-bond donors (Lipinski definition) is 3. The third kappa shape index (κ3) is 3.74. The highest BCUT2D eigenvalue weighted by Crippen LogP contribution is 2.18. The quantitative estimate of drug-likeness (QED) is 0.745. The smallest absolute Gasteiger partial charge is 0.318 e. The third-order valence-electron chi connectivity index (χ3n) is 1.63. The van der Waals surface area contributed by atoms with Gasteiger partial charge in [0.05, 0.1) is 12.2 Å². The van der Waals surface area contributed by atoms with E-state index in [2.05, 4.69) is 5.32 Å². The molecule has 0 radical (unpaired) electrons. The summed E-state index contributed by atoms with van der Waals surface area (Å²) in [7, 11) is 0. The van der Waals surface area contributed by atoms with E-state index in [-0.39, 0.29) is 12.2 Å². The number of nitrogens with two attached hydrogens (primary N) is 1. The summed E-state index contributed by atoms with van der Waals surface area (Å²) in [5.74, 6) is -1.21. The van der Waals surface area contributed by atoms with Gasteiger partial charge in [0.25, 0.3) is 0 Å². The molecule has 4 N–H and O–H groups in total. The summed E-state index contributed by atoms with van der Waals surface area (Å²) in [6, 6.07) is 2.91. The van der Waals surface area contributed by atoms with Gasteiger partial charge < -0.3 is 11.1 Å². The highest BCUT2D eigenvalue weighted by Gasteiger charge is 2.06. The third-order valence-corrected chi connectivity index (χ3v) is 1.87. The van der Waals surface area contributed by atoms with Crippen molar-refractivity contribution in [3.05, 3.63) is 29.0 Å². The van der Waals surface area contributed by atoms with Crippen molar-refractivity contribution in [1.82, 2.24) is 5.32 Å². The van der Waals surface area contributed by atoms with E-state index in [0.717, 1.165) is 6.07 Å². The van der Waals surface area contributed by atoms with Crippen LogP contribution in [0.4, 0.5) is 14.9 Å². The Morgan fingerprint density at radius 3 is 2.75 bits per heavy atom. The first-order valence-corrected chi connectivity index (χ1v) is 4.65. The van der Waals surface area contributed by atoms with Crippen LogP contribution in [0, 0.1) is 5.82 Å². The number of carbonyl (C=O) groups is 2. The number of urea groups is 1. The summed E-state index contributed by atoms with van der Waals surface area (Å²) < 4.78 is 13.1. The lowest BCUT2D eigenvalue weighted by molar-refractivity contribution is -0.118. The molecule has 0 unspecified atom stereocenters. The second kappa shape index (κ2) is 5.32. The number of amides is 3. The van der Waals surface area contributed by atoms with Crippen molar-refractivity contribution in [3.63, 3.8) is 0 Å². The molecule has 86 valence electrons. The molecule has 0 fully saturated rings. The molecule has 0 atom stereocenters. The molecule has 5 nitrogen and oxygen atoms in total. The minimum atomic E-state index is -0.960. The summed E-state index contributed by atoms with van der Waals surface area (Å²) in [4.78, 5) is 21.3. The van der Waals surface area contributed by atoms with E-state index in [0.29, 0.717) is 5.02 Å². The van der Waals surface area contributed by atoms with Crippen molar-refractivity contribution in [1.29, 1.82) is 0 Å². The topological polar surface area (TPSA) is 84.2 Å². The number of carbonyl (C=O) groups excluding carboxylic acids is 2. The van der Waals surface area contributed by atoms with Gasteiger partial charge >= 0.3 is 6.03 Å². The molecular weight excluding hydrogens is 237 g/mol. The molecule has 0 aliphatic rings. The van der Waals surface area contributed by atoms with Crippen LogP contribution >= 0.6 is 11.6 Å². The van der Waals surface area contributed by atoms with E-state index in [1.807, 2.05) is 5.32 Å². The van der Waals surface area contributed by atoms with Crippen molar-refractivity contribution < 1.29 is 14.0 Å². The Hall–Kier alpha value is -1.82. The first kappa shape index (κ1) is 12.3. The number of primary amides is 1. The fourth-order valence-electron chi connectivity index (χ4n) is 0.990. The van der Waals surface area contributed by atoms with E-state index in [1.54, 1.807) is 0 Å². The molecule has 16 heavy (non-hydrogen) atoms. The van der Waals surface area contributed by atoms with Crippen LogP contribution in [0.25, 0.3) is 0 Å². The molecule has 3 amide bonds. The number of hydrogen-bond acceptors (Lipinski definition) is 3. The van der Waals surface area contributed by atoms with Crippen LogP contribution in [0.15, 0.2) is 18.2 Å². The SMILES string of the molecule is NC(=O)NC(=O)CNc1cc(Cl)ccc1F. The predicted molar refractivity (Wildman–Crippen MR) is 57.6 cm³/mol. The summed E-state index contributed by atoms with van der Waals surface area (Å²) in [5, 5.41) is 4.64. The van der Waals surface area contributed by atoms with Crippen molar-refractivity contribution in [2.75, 3.05) is 11.9 Å². The number of halogens is 2. The fraction of sp³-hybridized carbons (Fsp3) is 0.111. The molecule has 7 heteroatoms. The van der Waals surface area contributed by atoms with E-state index in [4.69, 9.17) is 17.3 Å². The Balaban J connectivity index is 2.57. The van der Waals surface area contributed by atoms with Crippen LogP contribution in [0.3, 0.4) is 0 Å². The summed E-state index contributed by atoms with van der Waals surface area (Å²) in [6.45, 7) is -0.278.